The Kier molecular flexibility index (Phi) is 2.27. The van der Waals surface area contributed by atoms with Gasteiger partial charge in [-0.2, -0.15) is 11.3 Å². The number of nitrogen functional groups attached to an aromatic ring is 1. The van der Waals surface area contributed by atoms with Crippen molar-refractivity contribution in [3.8, 4) is 0 Å². The number of nitrogens with two attached hydrogens (primary N) is 1. The number of thiophene rings is 1. The highest BCUT2D eigenvalue weighted by atomic mass is 32.1. The number of rotatable bonds is 2. The first-order valence-corrected chi connectivity index (χ1v) is 5.01. The molecular weight excluding hydrogens is 180 g/mol. The first-order valence-electron chi connectivity index (χ1n) is 4.07. The fourth-order valence-corrected chi connectivity index (χ4v) is 1.88. The molecule has 0 atom stereocenters. The van der Waals surface area contributed by atoms with Gasteiger partial charge in [0.05, 0.1) is 0 Å². The molecule has 0 unspecified atom stereocenters. The van der Waals surface area contributed by atoms with E-state index in [2.05, 4.69) is 21.8 Å². The predicted octanol–water partition coefficient (Wildman–Crippen LogP) is 2.32. The van der Waals surface area contributed by atoms with Crippen molar-refractivity contribution in [2.45, 2.75) is 6.42 Å². The van der Waals surface area contributed by atoms with Gasteiger partial charge in [-0.05, 0) is 34.0 Å². The summed E-state index contributed by atoms with van der Waals surface area (Å²) in [7, 11) is 0. The molecule has 0 spiro atoms. The van der Waals surface area contributed by atoms with Crippen LogP contribution in [-0.4, -0.2) is 4.98 Å². The van der Waals surface area contributed by atoms with Gasteiger partial charge < -0.3 is 5.73 Å². The van der Waals surface area contributed by atoms with Crippen LogP contribution in [0.25, 0.3) is 0 Å². The molecule has 2 aromatic rings. The van der Waals surface area contributed by atoms with Crippen molar-refractivity contribution in [1.82, 2.24) is 4.98 Å². The molecule has 0 aliphatic heterocycles. The summed E-state index contributed by atoms with van der Waals surface area (Å²) in [6.45, 7) is 0. The number of hydrogen-bond donors (Lipinski definition) is 1. The van der Waals surface area contributed by atoms with Crippen molar-refractivity contribution in [2.24, 2.45) is 0 Å². The quantitative estimate of drug-likeness (QED) is 0.789. The van der Waals surface area contributed by atoms with Crippen LogP contribution in [0.1, 0.15) is 11.1 Å². The second kappa shape index (κ2) is 3.58. The number of aromatic nitrogens is 1. The fourth-order valence-electron chi connectivity index (χ4n) is 1.21. The van der Waals surface area contributed by atoms with Crippen LogP contribution in [0.3, 0.4) is 0 Å². The number of hydrogen-bond acceptors (Lipinski definition) is 3. The average Bonchev–Trinajstić information content (AvgIpc) is 2.61. The summed E-state index contributed by atoms with van der Waals surface area (Å²) in [5.41, 5.74) is 8.12. The van der Waals surface area contributed by atoms with E-state index in [0.29, 0.717) is 5.82 Å². The molecule has 2 N–H and O–H groups in total. The molecule has 0 saturated carbocycles. The van der Waals surface area contributed by atoms with E-state index in [-0.39, 0.29) is 0 Å². The number of nitrogens with zero attached hydrogens (tertiary/aromatic N) is 1. The normalized spacial score (nSPS) is 10.2. The van der Waals surface area contributed by atoms with Gasteiger partial charge in [-0.25, -0.2) is 4.98 Å². The van der Waals surface area contributed by atoms with E-state index >= 15 is 0 Å². The molecule has 0 fully saturated rings. The van der Waals surface area contributed by atoms with Crippen molar-refractivity contribution >= 4 is 17.2 Å². The highest BCUT2D eigenvalue weighted by Gasteiger charge is 2.00. The zero-order valence-electron chi connectivity index (χ0n) is 7.10. The van der Waals surface area contributed by atoms with Crippen LogP contribution in [0.2, 0.25) is 0 Å². The molecule has 0 aliphatic rings. The Labute approximate surface area is 81.1 Å². The summed E-state index contributed by atoms with van der Waals surface area (Å²) >= 11 is 1.70. The summed E-state index contributed by atoms with van der Waals surface area (Å²) < 4.78 is 0. The van der Waals surface area contributed by atoms with E-state index in [1.54, 1.807) is 17.5 Å². The fraction of sp³-hybridized carbons (Fsp3) is 0.100. The van der Waals surface area contributed by atoms with Gasteiger partial charge in [0.25, 0.3) is 0 Å². The smallest absolute Gasteiger partial charge is 0.126 e. The minimum Gasteiger partial charge on any atom is -0.383 e. The van der Waals surface area contributed by atoms with Gasteiger partial charge in [0.1, 0.15) is 5.82 Å². The summed E-state index contributed by atoms with van der Waals surface area (Å²) in [5.74, 6) is 0.633. The molecule has 2 rings (SSSR count). The molecule has 13 heavy (non-hydrogen) atoms. The average molecular weight is 190 g/mol. The molecule has 0 aromatic carbocycles. The largest absolute Gasteiger partial charge is 0.383 e. The maximum Gasteiger partial charge on any atom is 0.126 e. The summed E-state index contributed by atoms with van der Waals surface area (Å²) in [4.78, 5) is 4.04. The monoisotopic (exact) mass is 190 g/mol. The van der Waals surface area contributed by atoms with Gasteiger partial charge in [0, 0.05) is 12.6 Å². The standard InChI is InChI=1S/C10H10N2S/c11-10-9(2-1-4-12-10)6-8-3-5-13-7-8/h1-5,7H,6H2,(H2,11,12). The first kappa shape index (κ1) is 8.26. The molecule has 2 aromatic heterocycles. The van der Waals surface area contributed by atoms with Gasteiger partial charge in [-0.3, -0.25) is 0 Å². The Balaban J connectivity index is 2.24. The molecule has 0 bridgehead atoms. The lowest BCUT2D eigenvalue weighted by atomic mass is 10.1. The Bertz CT molecular complexity index is 382. The minimum atomic E-state index is 0.633. The lowest BCUT2D eigenvalue weighted by molar-refractivity contribution is 1.17. The van der Waals surface area contributed by atoms with Crippen LogP contribution >= 0.6 is 11.3 Å². The molecule has 2 nitrogen and oxygen atoms in total. The van der Waals surface area contributed by atoms with E-state index in [4.69, 9.17) is 5.73 Å². The van der Waals surface area contributed by atoms with Crippen molar-refractivity contribution in [3.63, 3.8) is 0 Å². The first-order chi connectivity index (χ1) is 6.36. The van der Waals surface area contributed by atoms with E-state index < -0.39 is 0 Å². The Morgan fingerprint density at radius 3 is 3.00 bits per heavy atom. The third kappa shape index (κ3) is 1.87. The van der Waals surface area contributed by atoms with Gasteiger partial charge in [0.15, 0.2) is 0 Å². The van der Waals surface area contributed by atoms with Crippen molar-refractivity contribution in [1.29, 1.82) is 0 Å². The van der Waals surface area contributed by atoms with Crippen LogP contribution in [0.4, 0.5) is 5.82 Å². The van der Waals surface area contributed by atoms with Crippen LogP contribution in [0.15, 0.2) is 35.2 Å². The van der Waals surface area contributed by atoms with Crippen molar-refractivity contribution < 1.29 is 0 Å². The summed E-state index contributed by atoms with van der Waals surface area (Å²) in [6.07, 6.45) is 2.59. The summed E-state index contributed by atoms with van der Waals surface area (Å²) in [5, 5.41) is 4.20. The summed E-state index contributed by atoms with van der Waals surface area (Å²) in [6, 6.07) is 6.04. The molecule has 0 saturated heterocycles. The highest BCUT2D eigenvalue weighted by Crippen LogP contribution is 2.15. The molecule has 0 aliphatic carbocycles. The number of pyridine rings is 1. The molecule has 66 valence electrons. The molecule has 0 radical (unpaired) electrons. The second-order valence-electron chi connectivity index (χ2n) is 2.86. The number of anilines is 1. The maximum absolute atomic E-state index is 5.73. The predicted molar refractivity (Wildman–Crippen MR) is 55.8 cm³/mol. The molecule has 0 amide bonds. The molecule has 3 heteroatoms. The van der Waals surface area contributed by atoms with Crippen molar-refractivity contribution in [3.05, 3.63) is 46.3 Å². The van der Waals surface area contributed by atoms with E-state index in [1.165, 1.54) is 5.56 Å². The maximum atomic E-state index is 5.73. The second-order valence-corrected chi connectivity index (χ2v) is 3.64. The topological polar surface area (TPSA) is 38.9 Å². The lowest BCUT2D eigenvalue weighted by Gasteiger charge is -2.01. The third-order valence-electron chi connectivity index (χ3n) is 1.90. The van der Waals surface area contributed by atoms with Crippen LogP contribution in [0.5, 0.6) is 0 Å². The SMILES string of the molecule is Nc1ncccc1Cc1ccsc1. The van der Waals surface area contributed by atoms with Gasteiger partial charge in [0.2, 0.25) is 0 Å². The zero-order valence-corrected chi connectivity index (χ0v) is 7.92. The van der Waals surface area contributed by atoms with Gasteiger partial charge in [-0.1, -0.05) is 6.07 Å². The van der Waals surface area contributed by atoms with Crippen LogP contribution in [-0.2, 0) is 6.42 Å². The van der Waals surface area contributed by atoms with Crippen molar-refractivity contribution in [2.75, 3.05) is 5.73 Å². The minimum absolute atomic E-state index is 0.633. The molecular formula is C10H10N2S. The third-order valence-corrected chi connectivity index (χ3v) is 2.63. The van der Waals surface area contributed by atoms with E-state index in [9.17, 15) is 0 Å². The Hall–Kier alpha value is -1.35. The van der Waals surface area contributed by atoms with Gasteiger partial charge >= 0.3 is 0 Å². The van der Waals surface area contributed by atoms with E-state index in [1.807, 2.05) is 12.1 Å². The highest BCUT2D eigenvalue weighted by molar-refractivity contribution is 7.07. The Morgan fingerprint density at radius 2 is 2.31 bits per heavy atom. The van der Waals surface area contributed by atoms with Gasteiger partial charge in [-0.15, -0.1) is 0 Å². The van der Waals surface area contributed by atoms with Crippen LogP contribution < -0.4 is 5.73 Å². The van der Waals surface area contributed by atoms with E-state index in [0.717, 1.165) is 12.0 Å². The molecule has 2 heterocycles. The van der Waals surface area contributed by atoms with Crippen LogP contribution in [0, 0.1) is 0 Å². The zero-order chi connectivity index (χ0) is 9.10. The Morgan fingerprint density at radius 1 is 1.38 bits per heavy atom. The lowest BCUT2D eigenvalue weighted by Crippen LogP contribution is -1.96.